The van der Waals surface area contributed by atoms with Crippen molar-refractivity contribution in [2.24, 2.45) is 0 Å². The first kappa shape index (κ1) is 13.6. The first-order valence-electron chi connectivity index (χ1n) is 5.19. The van der Waals surface area contributed by atoms with Crippen LogP contribution in [0.2, 0.25) is 0 Å². The van der Waals surface area contributed by atoms with E-state index in [0.717, 1.165) is 0 Å². The molecular formula is C12H18O5. The predicted octanol–water partition coefficient (Wildman–Crippen LogP) is 1.74. The highest BCUT2D eigenvalue weighted by molar-refractivity contribution is 5.51. The van der Waals surface area contributed by atoms with E-state index in [2.05, 4.69) is 0 Å². The van der Waals surface area contributed by atoms with E-state index >= 15 is 0 Å². The summed E-state index contributed by atoms with van der Waals surface area (Å²) >= 11 is 0. The fraction of sp³-hybridized carbons (Fsp3) is 0.500. The molecule has 0 saturated carbocycles. The molecule has 0 aromatic heterocycles. The Hall–Kier alpha value is -1.46. The van der Waals surface area contributed by atoms with Gasteiger partial charge >= 0.3 is 0 Å². The summed E-state index contributed by atoms with van der Waals surface area (Å²) in [6, 6.07) is 3.38. The summed E-state index contributed by atoms with van der Waals surface area (Å²) in [5.74, 6) is 1.60. The third kappa shape index (κ3) is 3.25. The fourth-order valence-electron chi connectivity index (χ4n) is 1.52. The van der Waals surface area contributed by atoms with Crippen LogP contribution in [0.4, 0.5) is 0 Å². The Balaban J connectivity index is 3.20. The molecule has 1 N–H and O–H groups in total. The highest BCUT2D eigenvalue weighted by atomic mass is 16.7. The van der Waals surface area contributed by atoms with E-state index in [-0.39, 0.29) is 6.79 Å². The number of hydrogen-bond acceptors (Lipinski definition) is 5. The van der Waals surface area contributed by atoms with Crippen molar-refractivity contribution >= 4 is 0 Å². The first-order valence-corrected chi connectivity index (χ1v) is 5.19. The van der Waals surface area contributed by atoms with Gasteiger partial charge in [0.25, 0.3) is 0 Å². The van der Waals surface area contributed by atoms with Gasteiger partial charge in [-0.05, 0) is 6.92 Å². The lowest BCUT2D eigenvalue weighted by atomic mass is 10.1. The van der Waals surface area contributed by atoms with Crippen molar-refractivity contribution in [1.29, 1.82) is 0 Å². The molecule has 0 heterocycles. The van der Waals surface area contributed by atoms with Crippen molar-refractivity contribution in [3.8, 4) is 17.2 Å². The zero-order chi connectivity index (χ0) is 12.8. The molecule has 96 valence electrons. The van der Waals surface area contributed by atoms with Crippen LogP contribution in [0.3, 0.4) is 0 Å². The molecule has 5 heteroatoms. The standard InChI is InChI=1S/C12H18O5/c1-8(13)12-10(16-4)5-9(15-3)6-11(12)17-7-14-2/h5-6,8,13H,7H2,1-4H3. The topological polar surface area (TPSA) is 57.2 Å². The molecule has 0 radical (unpaired) electrons. The van der Waals surface area contributed by atoms with E-state index in [1.807, 2.05) is 0 Å². The minimum Gasteiger partial charge on any atom is -0.496 e. The summed E-state index contributed by atoms with van der Waals surface area (Å²) in [6.07, 6.45) is -0.706. The van der Waals surface area contributed by atoms with Gasteiger partial charge in [-0.25, -0.2) is 0 Å². The number of rotatable bonds is 6. The second-order valence-electron chi connectivity index (χ2n) is 3.47. The number of aliphatic hydroxyl groups excluding tert-OH is 1. The summed E-state index contributed by atoms with van der Waals surface area (Å²) in [6.45, 7) is 1.74. The van der Waals surface area contributed by atoms with Gasteiger partial charge in [-0.15, -0.1) is 0 Å². The molecule has 0 saturated heterocycles. The summed E-state index contributed by atoms with van der Waals surface area (Å²) in [7, 11) is 4.61. The largest absolute Gasteiger partial charge is 0.496 e. The number of aliphatic hydroxyl groups is 1. The molecule has 0 bridgehead atoms. The van der Waals surface area contributed by atoms with Crippen LogP contribution in [0.5, 0.6) is 17.2 Å². The van der Waals surface area contributed by atoms with Crippen LogP contribution in [-0.2, 0) is 4.74 Å². The zero-order valence-electron chi connectivity index (χ0n) is 10.5. The van der Waals surface area contributed by atoms with Gasteiger partial charge in [-0.3, -0.25) is 0 Å². The summed E-state index contributed by atoms with van der Waals surface area (Å²) < 4.78 is 20.6. The molecule has 1 unspecified atom stereocenters. The van der Waals surface area contributed by atoms with Crippen LogP contribution in [0.25, 0.3) is 0 Å². The van der Waals surface area contributed by atoms with Crippen molar-refractivity contribution in [2.75, 3.05) is 28.1 Å². The Morgan fingerprint density at radius 3 is 2.24 bits per heavy atom. The van der Waals surface area contributed by atoms with Crippen molar-refractivity contribution in [3.63, 3.8) is 0 Å². The molecule has 0 spiro atoms. The molecule has 1 aromatic rings. The third-order valence-electron chi connectivity index (χ3n) is 2.28. The highest BCUT2D eigenvalue weighted by Gasteiger charge is 2.17. The van der Waals surface area contributed by atoms with Crippen molar-refractivity contribution in [1.82, 2.24) is 0 Å². The van der Waals surface area contributed by atoms with Crippen molar-refractivity contribution in [3.05, 3.63) is 17.7 Å². The van der Waals surface area contributed by atoms with Crippen LogP contribution < -0.4 is 14.2 Å². The monoisotopic (exact) mass is 242 g/mol. The Kier molecular flexibility index (Phi) is 5.06. The van der Waals surface area contributed by atoms with Crippen molar-refractivity contribution in [2.45, 2.75) is 13.0 Å². The van der Waals surface area contributed by atoms with Gasteiger partial charge in [0.2, 0.25) is 0 Å². The summed E-state index contributed by atoms with van der Waals surface area (Å²) in [5.41, 5.74) is 0.574. The highest BCUT2D eigenvalue weighted by Crippen LogP contribution is 2.38. The average molecular weight is 242 g/mol. The van der Waals surface area contributed by atoms with Crippen LogP contribution in [0.15, 0.2) is 12.1 Å². The Morgan fingerprint density at radius 1 is 1.12 bits per heavy atom. The molecular weight excluding hydrogens is 224 g/mol. The van der Waals surface area contributed by atoms with Gasteiger partial charge in [0.15, 0.2) is 6.79 Å². The van der Waals surface area contributed by atoms with Crippen molar-refractivity contribution < 1.29 is 24.1 Å². The quantitative estimate of drug-likeness (QED) is 0.770. The van der Waals surface area contributed by atoms with E-state index in [4.69, 9.17) is 18.9 Å². The average Bonchev–Trinajstić information content (AvgIpc) is 2.34. The lowest BCUT2D eigenvalue weighted by Gasteiger charge is -2.17. The molecule has 17 heavy (non-hydrogen) atoms. The Bertz CT molecular complexity index is 362. The maximum Gasteiger partial charge on any atom is 0.188 e. The second-order valence-corrected chi connectivity index (χ2v) is 3.47. The van der Waals surface area contributed by atoms with E-state index in [1.165, 1.54) is 14.2 Å². The number of methoxy groups -OCH3 is 3. The van der Waals surface area contributed by atoms with Crippen LogP contribution in [0, 0.1) is 0 Å². The smallest absolute Gasteiger partial charge is 0.188 e. The fourth-order valence-corrected chi connectivity index (χ4v) is 1.52. The lowest BCUT2D eigenvalue weighted by Crippen LogP contribution is -2.06. The van der Waals surface area contributed by atoms with Gasteiger partial charge in [-0.1, -0.05) is 0 Å². The van der Waals surface area contributed by atoms with E-state index in [1.54, 1.807) is 26.2 Å². The van der Waals surface area contributed by atoms with E-state index in [9.17, 15) is 5.11 Å². The van der Waals surface area contributed by atoms with Gasteiger partial charge in [0, 0.05) is 19.2 Å². The van der Waals surface area contributed by atoms with Gasteiger partial charge < -0.3 is 24.1 Å². The molecule has 0 amide bonds. The molecule has 0 aliphatic carbocycles. The number of benzene rings is 1. The summed E-state index contributed by atoms with van der Waals surface area (Å²) in [5, 5.41) is 9.74. The molecule has 0 aliphatic heterocycles. The van der Waals surface area contributed by atoms with Gasteiger partial charge in [0.05, 0.1) is 25.9 Å². The zero-order valence-corrected chi connectivity index (χ0v) is 10.5. The third-order valence-corrected chi connectivity index (χ3v) is 2.28. The maximum atomic E-state index is 9.74. The minimum atomic E-state index is -0.706. The minimum absolute atomic E-state index is 0.0933. The summed E-state index contributed by atoms with van der Waals surface area (Å²) in [4.78, 5) is 0. The van der Waals surface area contributed by atoms with Gasteiger partial charge in [-0.2, -0.15) is 0 Å². The predicted molar refractivity (Wildman–Crippen MR) is 62.7 cm³/mol. The number of ether oxygens (including phenoxy) is 4. The molecule has 1 atom stereocenters. The molecule has 5 nitrogen and oxygen atoms in total. The lowest BCUT2D eigenvalue weighted by molar-refractivity contribution is 0.0479. The molecule has 1 rings (SSSR count). The molecule has 1 aromatic carbocycles. The molecule has 0 fully saturated rings. The number of hydrogen-bond donors (Lipinski definition) is 1. The normalized spacial score (nSPS) is 12.1. The first-order chi connectivity index (χ1) is 8.13. The maximum absolute atomic E-state index is 9.74. The SMILES string of the molecule is COCOc1cc(OC)cc(OC)c1C(C)O. The van der Waals surface area contributed by atoms with Crippen LogP contribution in [-0.4, -0.2) is 33.2 Å². The van der Waals surface area contributed by atoms with Crippen LogP contribution >= 0.6 is 0 Å². The molecule has 0 aliphatic rings. The second kappa shape index (κ2) is 6.32. The van der Waals surface area contributed by atoms with E-state index in [0.29, 0.717) is 22.8 Å². The van der Waals surface area contributed by atoms with E-state index < -0.39 is 6.10 Å². The van der Waals surface area contributed by atoms with Crippen LogP contribution in [0.1, 0.15) is 18.6 Å². The van der Waals surface area contributed by atoms with Gasteiger partial charge in [0.1, 0.15) is 17.2 Å². The Labute approximate surface area is 101 Å². The Morgan fingerprint density at radius 2 is 1.76 bits per heavy atom.